The van der Waals surface area contributed by atoms with Crippen molar-refractivity contribution in [3.05, 3.63) is 40.1 Å². The molecular weight excluding hydrogens is 304 g/mol. The van der Waals surface area contributed by atoms with Crippen molar-refractivity contribution in [1.82, 2.24) is 5.32 Å². The summed E-state index contributed by atoms with van der Waals surface area (Å²) >= 11 is 1.47. The van der Waals surface area contributed by atoms with Crippen LogP contribution in [0.2, 0.25) is 0 Å². The lowest BCUT2D eigenvalue weighted by Crippen LogP contribution is -2.32. The van der Waals surface area contributed by atoms with Gasteiger partial charge in [0.1, 0.15) is 6.10 Å². The van der Waals surface area contributed by atoms with Crippen molar-refractivity contribution in [2.75, 3.05) is 18.7 Å². The van der Waals surface area contributed by atoms with E-state index >= 15 is 0 Å². The number of amides is 2. The molecular formula is C15H16N2O4S. The number of benzene rings is 1. The number of hydrogen-bond donors (Lipinski definition) is 3. The number of ether oxygens (including phenoxy) is 2. The molecule has 1 aromatic heterocycles. The number of fused-ring (bicyclic) bond motifs is 1. The van der Waals surface area contributed by atoms with E-state index in [2.05, 4.69) is 10.6 Å². The van der Waals surface area contributed by atoms with E-state index in [1.165, 1.54) is 11.3 Å². The lowest BCUT2D eigenvalue weighted by molar-refractivity contribution is 0.174. The van der Waals surface area contributed by atoms with E-state index in [1.807, 2.05) is 18.4 Å². The number of aryl methyl sites for hydroxylation is 1. The molecule has 0 spiro atoms. The first-order valence-electron chi connectivity index (χ1n) is 6.80. The van der Waals surface area contributed by atoms with Crippen LogP contribution in [0, 0.1) is 6.92 Å². The summed E-state index contributed by atoms with van der Waals surface area (Å²) in [6.07, 6.45) is -0.706. The van der Waals surface area contributed by atoms with E-state index in [9.17, 15) is 9.90 Å². The molecule has 116 valence electrons. The van der Waals surface area contributed by atoms with Gasteiger partial charge in [-0.2, -0.15) is 0 Å². The quantitative estimate of drug-likeness (QED) is 0.809. The van der Waals surface area contributed by atoms with E-state index in [1.54, 1.807) is 18.2 Å². The molecule has 0 saturated heterocycles. The summed E-state index contributed by atoms with van der Waals surface area (Å²) in [4.78, 5) is 12.7. The Kier molecular flexibility index (Phi) is 4.17. The van der Waals surface area contributed by atoms with Gasteiger partial charge < -0.3 is 25.2 Å². The topological polar surface area (TPSA) is 79.8 Å². The number of hydrogen-bond acceptors (Lipinski definition) is 5. The number of urea groups is 1. The molecule has 0 fully saturated rings. The Morgan fingerprint density at radius 3 is 2.95 bits per heavy atom. The molecule has 2 heterocycles. The van der Waals surface area contributed by atoms with Crippen molar-refractivity contribution in [2.24, 2.45) is 0 Å². The van der Waals surface area contributed by atoms with Gasteiger partial charge >= 0.3 is 6.03 Å². The van der Waals surface area contributed by atoms with Gasteiger partial charge in [0, 0.05) is 16.6 Å². The number of nitrogens with one attached hydrogen (secondary N) is 2. The Bertz CT molecular complexity index is 686. The van der Waals surface area contributed by atoms with Crippen LogP contribution in [-0.4, -0.2) is 24.5 Å². The Hall–Kier alpha value is -2.25. The molecule has 0 bridgehead atoms. The van der Waals surface area contributed by atoms with Gasteiger partial charge in [-0.25, -0.2) is 4.79 Å². The first-order valence-corrected chi connectivity index (χ1v) is 7.68. The minimum absolute atomic E-state index is 0.151. The standard InChI is InChI=1S/C15H16N2O4S/c1-9-4-5-22-14(9)11(18)7-16-15(19)17-10-2-3-12-13(6-10)21-8-20-12/h2-6,11,18H,7-8H2,1H3,(H2,16,17,19). The Morgan fingerprint density at radius 2 is 2.18 bits per heavy atom. The summed E-state index contributed by atoms with van der Waals surface area (Å²) in [7, 11) is 0. The van der Waals surface area contributed by atoms with Gasteiger partial charge in [-0.05, 0) is 36.1 Å². The average molecular weight is 320 g/mol. The van der Waals surface area contributed by atoms with Crippen molar-refractivity contribution in [3.8, 4) is 11.5 Å². The van der Waals surface area contributed by atoms with Gasteiger partial charge in [0.25, 0.3) is 0 Å². The van der Waals surface area contributed by atoms with Gasteiger partial charge in [0.2, 0.25) is 6.79 Å². The first kappa shape index (κ1) is 14.7. The second-order valence-corrected chi connectivity index (χ2v) is 5.83. The number of thiophene rings is 1. The van der Waals surface area contributed by atoms with E-state index in [-0.39, 0.29) is 19.4 Å². The number of carbonyl (C=O) groups is 1. The third-order valence-corrected chi connectivity index (χ3v) is 4.41. The van der Waals surface area contributed by atoms with Crippen LogP contribution in [0.1, 0.15) is 16.5 Å². The van der Waals surface area contributed by atoms with Crippen LogP contribution < -0.4 is 20.1 Å². The predicted molar refractivity (Wildman–Crippen MR) is 83.6 cm³/mol. The largest absolute Gasteiger partial charge is 0.454 e. The van der Waals surface area contributed by atoms with Gasteiger partial charge in [-0.3, -0.25) is 0 Å². The molecule has 1 atom stereocenters. The third kappa shape index (κ3) is 3.15. The SMILES string of the molecule is Cc1ccsc1C(O)CNC(=O)Nc1ccc2c(c1)OCO2. The summed E-state index contributed by atoms with van der Waals surface area (Å²) in [5, 5.41) is 17.3. The highest BCUT2D eigenvalue weighted by atomic mass is 32.1. The fourth-order valence-corrected chi connectivity index (χ4v) is 3.07. The van der Waals surface area contributed by atoms with Crippen molar-refractivity contribution < 1.29 is 19.4 Å². The van der Waals surface area contributed by atoms with E-state index in [4.69, 9.17) is 9.47 Å². The van der Waals surface area contributed by atoms with Crippen molar-refractivity contribution >= 4 is 23.1 Å². The molecule has 3 rings (SSSR count). The monoisotopic (exact) mass is 320 g/mol. The first-order chi connectivity index (χ1) is 10.6. The van der Waals surface area contributed by atoms with Crippen molar-refractivity contribution in [1.29, 1.82) is 0 Å². The molecule has 0 aliphatic carbocycles. The normalized spacial score (nSPS) is 13.7. The maximum absolute atomic E-state index is 11.9. The molecule has 1 aliphatic rings. The fraction of sp³-hybridized carbons (Fsp3) is 0.267. The highest BCUT2D eigenvalue weighted by molar-refractivity contribution is 7.10. The minimum atomic E-state index is -0.706. The average Bonchev–Trinajstić information content (AvgIpc) is 3.12. The van der Waals surface area contributed by atoms with Crippen LogP contribution in [0.3, 0.4) is 0 Å². The van der Waals surface area contributed by atoms with Crippen LogP contribution in [0.25, 0.3) is 0 Å². The van der Waals surface area contributed by atoms with E-state index in [0.717, 1.165) is 10.4 Å². The highest BCUT2D eigenvalue weighted by Crippen LogP contribution is 2.34. The predicted octanol–water partition coefficient (Wildman–Crippen LogP) is 2.64. The molecule has 1 aliphatic heterocycles. The summed E-state index contributed by atoms with van der Waals surface area (Å²) in [5.41, 5.74) is 1.62. The van der Waals surface area contributed by atoms with Crippen LogP contribution in [0.15, 0.2) is 29.6 Å². The maximum atomic E-state index is 11.9. The Balaban J connectivity index is 1.53. The van der Waals surface area contributed by atoms with Crippen molar-refractivity contribution in [2.45, 2.75) is 13.0 Å². The van der Waals surface area contributed by atoms with Gasteiger partial charge in [-0.1, -0.05) is 0 Å². The second-order valence-electron chi connectivity index (χ2n) is 4.89. The summed E-state index contributed by atoms with van der Waals surface area (Å²) in [6.45, 7) is 2.27. The Labute approximate surface area is 131 Å². The molecule has 3 N–H and O–H groups in total. The molecule has 22 heavy (non-hydrogen) atoms. The van der Waals surface area contributed by atoms with Gasteiger partial charge in [0.05, 0.1) is 6.54 Å². The highest BCUT2D eigenvalue weighted by Gasteiger charge is 2.15. The van der Waals surface area contributed by atoms with Crippen LogP contribution in [0.4, 0.5) is 10.5 Å². The number of rotatable bonds is 4. The lowest BCUT2D eigenvalue weighted by atomic mass is 10.2. The number of anilines is 1. The number of aliphatic hydroxyl groups is 1. The van der Waals surface area contributed by atoms with Gasteiger partial charge in [0.15, 0.2) is 11.5 Å². The molecule has 7 heteroatoms. The second kappa shape index (κ2) is 6.25. The number of aliphatic hydroxyl groups excluding tert-OH is 1. The Morgan fingerprint density at radius 1 is 1.36 bits per heavy atom. The smallest absolute Gasteiger partial charge is 0.319 e. The molecule has 6 nitrogen and oxygen atoms in total. The zero-order valence-corrected chi connectivity index (χ0v) is 12.8. The summed E-state index contributed by atoms with van der Waals surface area (Å²) in [5.74, 6) is 1.27. The fourth-order valence-electron chi connectivity index (χ4n) is 2.16. The molecule has 2 amide bonds. The van der Waals surface area contributed by atoms with Gasteiger partial charge in [-0.15, -0.1) is 11.3 Å². The minimum Gasteiger partial charge on any atom is -0.454 e. The van der Waals surface area contributed by atoms with Crippen LogP contribution in [0.5, 0.6) is 11.5 Å². The lowest BCUT2D eigenvalue weighted by Gasteiger charge is -2.12. The maximum Gasteiger partial charge on any atom is 0.319 e. The zero-order valence-electron chi connectivity index (χ0n) is 12.0. The molecule has 0 saturated carbocycles. The third-order valence-electron chi connectivity index (χ3n) is 3.29. The molecule has 0 radical (unpaired) electrons. The molecule has 2 aromatic rings. The summed E-state index contributed by atoms with van der Waals surface area (Å²) < 4.78 is 10.5. The van der Waals surface area contributed by atoms with E-state index in [0.29, 0.717) is 17.2 Å². The zero-order chi connectivity index (χ0) is 15.5. The molecule has 1 unspecified atom stereocenters. The number of carbonyl (C=O) groups excluding carboxylic acids is 1. The molecule has 1 aromatic carbocycles. The van der Waals surface area contributed by atoms with E-state index < -0.39 is 6.10 Å². The van der Waals surface area contributed by atoms with Crippen LogP contribution >= 0.6 is 11.3 Å². The van der Waals surface area contributed by atoms with Crippen molar-refractivity contribution in [3.63, 3.8) is 0 Å². The van der Waals surface area contributed by atoms with Crippen LogP contribution in [-0.2, 0) is 0 Å². The summed E-state index contributed by atoms with van der Waals surface area (Å²) in [6, 6.07) is 6.72.